The zero-order chi connectivity index (χ0) is 8.97. The molecule has 0 bridgehead atoms. The minimum atomic E-state index is 0.660. The number of hydrogen-bond donors (Lipinski definition) is 1. The van der Waals surface area contributed by atoms with Gasteiger partial charge in [-0.15, -0.1) is 0 Å². The first kappa shape index (κ1) is 10.0. The Labute approximate surface area is 75.7 Å². The molecule has 0 aromatic rings. The van der Waals surface area contributed by atoms with Crippen LogP contribution in [-0.4, -0.2) is 26.3 Å². The van der Waals surface area contributed by atoms with E-state index in [0.29, 0.717) is 6.04 Å². The Morgan fingerprint density at radius 2 is 2.25 bits per heavy atom. The number of hydrogen-bond acceptors (Lipinski definition) is 2. The molecule has 1 saturated heterocycles. The molecule has 0 aliphatic carbocycles. The maximum Gasteiger partial charge on any atom is 0.0510 e. The number of rotatable bonds is 4. The molecule has 1 N–H and O–H groups in total. The quantitative estimate of drug-likeness (QED) is 0.694. The summed E-state index contributed by atoms with van der Waals surface area (Å²) in [5.74, 6) is 1.53. The molecule has 0 spiro atoms. The van der Waals surface area contributed by atoms with Gasteiger partial charge in [0.25, 0.3) is 0 Å². The van der Waals surface area contributed by atoms with Gasteiger partial charge in [-0.2, -0.15) is 0 Å². The monoisotopic (exact) mass is 171 g/mol. The fourth-order valence-corrected chi connectivity index (χ4v) is 1.92. The van der Waals surface area contributed by atoms with Gasteiger partial charge in [0.15, 0.2) is 0 Å². The summed E-state index contributed by atoms with van der Waals surface area (Å²) in [6, 6.07) is 0.660. The van der Waals surface area contributed by atoms with Crippen LogP contribution in [0.1, 0.15) is 26.7 Å². The highest BCUT2D eigenvalue weighted by Crippen LogP contribution is 2.21. The first-order valence-corrected chi connectivity index (χ1v) is 4.99. The molecule has 0 aromatic carbocycles. The van der Waals surface area contributed by atoms with Gasteiger partial charge in [0.2, 0.25) is 0 Å². The van der Waals surface area contributed by atoms with Gasteiger partial charge in [-0.25, -0.2) is 0 Å². The Morgan fingerprint density at radius 1 is 1.50 bits per heavy atom. The Morgan fingerprint density at radius 3 is 2.67 bits per heavy atom. The van der Waals surface area contributed by atoms with E-state index in [2.05, 4.69) is 26.2 Å². The smallest absolute Gasteiger partial charge is 0.0510 e. The first-order valence-electron chi connectivity index (χ1n) is 4.99. The van der Waals surface area contributed by atoms with Crippen LogP contribution < -0.4 is 5.32 Å². The topological polar surface area (TPSA) is 21.3 Å². The molecule has 2 atom stereocenters. The molecule has 12 heavy (non-hydrogen) atoms. The molecule has 0 aromatic heterocycles. The minimum absolute atomic E-state index is 0.660. The summed E-state index contributed by atoms with van der Waals surface area (Å²) in [5.41, 5.74) is 0. The van der Waals surface area contributed by atoms with E-state index < -0.39 is 0 Å². The lowest BCUT2D eigenvalue weighted by Gasteiger charge is -2.23. The van der Waals surface area contributed by atoms with E-state index in [1.807, 2.05) is 0 Å². The summed E-state index contributed by atoms with van der Waals surface area (Å²) >= 11 is 0. The average molecular weight is 171 g/mol. The number of nitrogens with one attached hydrogen (secondary N) is 1. The van der Waals surface area contributed by atoms with Gasteiger partial charge >= 0.3 is 0 Å². The third-order valence-electron chi connectivity index (χ3n) is 2.63. The first-order chi connectivity index (χ1) is 5.74. The molecule has 1 rings (SSSR count). The molecule has 0 saturated carbocycles. The van der Waals surface area contributed by atoms with E-state index in [4.69, 9.17) is 4.74 Å². The van der Waals surface area contributed by atoms with Crippen molar-refractivity contribution in [2.24, 2.45) is 11.8 Å². The van der Waals surface area contributed by atoms with Crippen molar-refractivity contribution in [3.8, 4) is 0 Å². The van der Waals surface area contributed by atoms with E-state index in [0.717, 1.165) is 25.0 Å². The molecule has 72 valence electrons. The predicted octanol–water partition coefficient (Wildman–Crippen LogP) is 1.66. The highest BCUT2D eigenvalue weighted by molar-refractivity contribution is 4.78. The van der Waals surface area contributed by atoms with Crippen molar-refractivity contribution < 1.29 is 4.74 Å². The molecule has 1 heterocycles. The molecule has 2 nitrogen and oxygen atoms in total. The fraction of sp³-hybridized carbons (Fsp3) is 1.00. The largest absolute Gasteiger partial charge is 0.381 e. The van der Waals surface area contributed by atoms with Crippen LogP contribution in [-0.2, 0) is 4.74 Å². The van der Waals surface area contributed by atoms with E-state index in [9.17, 15) is 0 Å². The molecule has 1 aliphatic rings. The van der Waals surface area contributed by atoms with Crippen molar-refractivity contribution in [3.63, 3.8) is 0 Å². The second-order valence-corrected chi connectivity index (χ2v) is 4.15. The minimum Gasteiger partial charge on any atom is -0.381 e. The summed E-state index contributed by atoms with van der Waals surface area (Å²) in [6.07, 6.45) is 2.50. The molecular formula is C10H21NO. The maximum absolute atomic E-state index is 5.38. The lowest BCUT2D eigenvalue weighted by Crippen LogP contribution is -2.35. The lowest BCUT2D eigenvalue weighted by atomic mass is 9.91. The van der Waals surface area contributed by atoms with Crippen LogP contribution in [0.2, 0.25) is 0 Å². The standard InChI is InChI=1S/C10H21NO/c1-8(2)6-10(11-3)9-4-5-12-7-9/h8-11H,4-7H2,1-3H3. The van der Waals surface area contributed by atoms with Crippen molar-refractivity contribution in [1.29, 1.82) is 0 Å². The summed E-state index contributed by atoms with van der Waals surface area (Å²) < 4.78 is 5.38. The van der Waals surface area contributed by atoms with Gasteiger partial charge in [-0.3, -0.25) is 0 Å². The van der Waals surface area contributed by atoms with Gasteiger partial charge in [0.1, 0.15) is 0 Å². The van der Waals surface area contributed by atoms with Gasteiger partial charge in [0.05, 0.1) is 6.61 Å². The molecule has 2 heteroatoms. The molecule has 0 radical (unpaired) electrons. The molecule has 0 amide bonds. The molecular weight excluding hydrogens is 150 g/mol. The van der Waals surface area contributed by atoms with Crippen LogP contribution in [0, 0.1) is 11.8 Å². The van der Waals surface area contributed by atoms with Crippen molar-refractivity contribution >= 4 is 0 Å². The fourth-order valence-electron chi connectivity index (χ4n) is 1.92. The Kier molecular flexibility index (Phi) is 4.02. The highest BCUT2D eigenvalue weighted by Gasteiger charge is 2.24. The van der Waals surface area contributed by atoms with Gasteiger partial charge in [0, 0.05) is 12.6 Å². The van der Waals surface area contributed by atoms with Crippen LogP contribution in [0.5, 0.6) is 0 Å². The second kappa shape index (κ2) is 4.83. The van der Waals surface area contributed by atoms with E-state index in [1.165, 1.54) is 12.8 Å². The molecule has 1 aliphatic heterocycles. The Bertz CT molecular complexity index is 119. The number of ether oxygens (including phenoxy) is 1. The maximum atomic E-state index is 5.38. The Balaban J connectivity index is 2.32. The zero-order valence-corrected chi connectivity index (χ0v) is 8.47. The van der Waals surface area contributed by atoms with Gasteiger partial charge < -0.3 is 10.1 Å². The van der Waals surface area contributed by atoms with Crippen molar-refractivity contribution in [2.45, 2.75) is 32.7 Å². The average Bonchev–Trinajstić information content (AvgIpc) is 2.51. The summed E-state index contributed by atoms with van der Waals surface area (Å²) in [6.45, 7) is 6.47. The van der Waals surface area contributed by atoms with Crippen LogP contribution in [0.25, 0.3) is 0 Å². The van der Waals surface area contributed by atoms with Gasteiger partial charge in [-0.1, -0.05) is 13.8 Å². The zero-order valence-electron chi connectivity index (χ0n) is 8.47. The summed E-state index contributed by atoms with van der Waals surface area (Å²) in [4.78, 5) is 0. The lowest BCUT2D eigenvalue weighted by molar-refractivity contribution is 0.174. The molecule has 1 fully saturated rings. The molecule has 2 unspecified atom stereocenters. The summed E-state index contributed by atoms with van der Waals surface area (Å²) in [7, 11) is 2.06. The van der Waals surface area contributed by atoms with Crippen molar-refractivity contribution in [3.05, 3.63) is 0 Å². The van der Waals surface area contributed by atoms with Crippen molar-refractivity contribution in [2.75, 3.05) is 20.3 Å². The highest BCUT2D eigenvalue weighted by atomic mass is 16.5. The van der Waals surface area contributed by atoms with Gasteiger partial charge in [-0.05, 0) is 31.7 Å². The normalized spacial score (nSPS) is 26.5. The Hall–Kier alpha value is -0.0800. The van der Waals surface area contributed by atoms with E-state index in [-0.39, 0.29) is 0 Å². The van der Waals surface area contributed by atoms with Crippen LogP contribution in [0.4, 0.5) is 0 Å². The van der Waals surface area contributed by atoms with E-state index in [1.54, 1.807) is 0 Å². The predicted molar refractivity (Wildman–Crippen MR) is 51.2 cm³/mol. The van der Waals surface area contributed by atoms with Crippen molar-refractivity contribution in [1.82, 2.24) is 5.32 Å². The SMILES string of the molecule is CNC(CC(C)C)C1CCOC1. The third-order valence-corrected chi connectivity index (χ3v) is 2.63. The van der Waals surface area contributed by atoms with E-state index >= 15 is 0 Å². The summed E-state index contributed by atoms with van der Waals surface area (Å²) in [5, 5.41) is 3.40. The van der Waals surface area contributed by atoms with Crippen LogP contribution in [0.3, 0.4) is 0 Å². The van der Waals surface area contributed by atoms with Crippen LogP contribution in [0.15, 0.2) is 0 Å². The van der Waals surface area contributed by atoms with Crippen LogP contribution >= 0.6 is 0 Å². The second-order valence-electron chi connectivity index (χ2n) is 4.15. The third kappa shape index (κ3) is 2.76.